The molecule has 1 aromatic carbocycles. The van der Waals surface area contributed by atoms with Crippen LogP contribution in [0.2, 0.25) is 0 Å². The number of hydrogen-bond acceptors (Lipinski definition) is 2. The topological polar surface area (TPSA) is 21.3 Å². The van der Waals surface area contributed by atoms with E-state index in [9.17, 15) is 0 Å². The summed E-state index contributed by atoms with van der Waals surface area (Å²) >= 11 is 0. The second-order valence-corrected chi connectivity index (χ2v) is 5.75. The van der Waals surface area contributed by atoms with Crippen LogP contribution in [0, 0.1) is 0 Å². The largest absolute Gasteiger partial charge is 0.374 e. The number of benzene rings is 1. The smallest absolute Gasteiger partial charge is 0.0806 e. The molecule has 2 atom stereocenters. The van der Waals surface area contributed by atoms with E-state index in [4.69, 9.17) is 4.74 Å². The van der Waals surface area contributed by atoms with Gasteiger partial charge in [-0.25, -0.2) is 0 Å². The van der Waals surface area contributed by atoms with E-state index in [-0.39, 0.29) is 5.60 Å². The van der Waals surface area contributed by atoms with Gasteiger partial charge in [-0.05, 0) is 51.1 Å². The molecule has 0 saturated carbocycles. The Morgan fingerprint density at radius 1 is 1.26 bits per heavy atom. The van der Waals surface area contributed by atoms with E-state index in [1.807, 2.05) is 0 Å². The van der Waals surface area contributed by atoms with Gasteiger partial charge in [-0.3, -0.25) is 0 Å². The lowest BCUT2D eigenvalue weighted by Gasteiger charge is -2.41. The molecule has 1 saturated heterocycles. The van der Waals surface area contributed by atoms with E-state index in [0.717, 1.165) is 26.0 Å². The first kappa shape index (κ1) is 14.5. The SMILES string of the molecule is CCNC(CCc1ccccc1)C1(C)CCCCO1. The number of aryl methyl sites for hydroxylation is 1. The van der Waals surface area contributed by atoms with Crippen molar-refractivity contribution in [2.45, 2.75) is 57.6 Å². The molecule has 2 unspecified atom stereocenters. The number of ether oxygens (including phenoxy) is 1. The highest BCUT2D eigenvalue weighted by atomic mass is 16.5. The van der Waals surface area contributed by atoms with Crippen molar-refractivity contribution >= 4 is 0 Å². The number of rotatable bonds is 6. The summed E-state index contributed by atoms with van der Waals surface area (Å²) in [6.45, 7) is 6.40. The van der Waals surface area contributed by atoms with Crippen LogP contribution in [0.25, 0.3) is 0 Å². The highest BCUT2D eigenvalue weighted by Crippen LogP contribution is 2.30. The Bertz CT molecular complexity index is 357. The van der Waals surface area contributed by atoms with Gasteiger partial charge in [0.2, 0.25) is 0 Å². The summed E-state index contributed by atoms with van der Waals surface area (Å²) in [5.41, 5.74) is 1.44. The number of likely N-dealkylation sites (N-methyl/N-ethyl adjacent to an activating group) is 1. The van der Waals surface area contributed by atoms with Gasteiger partial charge in [-0.15, -0.1) is 0 Å². The van der Waals surface area contributed by atoms with E-state index in [1.54, 1.807) is 0 Å². The Morgan fingerprint density at radius 3 is 2.68 bits per heavy atom. The van der Waals surface area contributed by atoms with Crippen molar-refractivity contribution in [3.63, 3.8) is 0 Å². The van der Waals surface area contributed by atoms with Crippen LogP contribution < -0.4 is 5.32 Å². The van der Waals surface area contributed by atoms with Crippen molar-refractivity contribution in [3.05, 3.63) is 35.9 Å². The third-order valence-corrected chi connectivity index (χ3v) is 4.25. The molecule has 106 valence electrons. The zero-order valence-electron chi connectivity index (χ0n) is 12.3. The molecule has 1 fully saturated rings. The van der Waals surface area contributed by atoms with Gasteiger partial charge in [0.15, 0.2) is 0 Å². The predicted octanol–water partition coefficient (Wildman–Crippen LogP) is 3.56. The molecule has 0 bridgehead atoms. The molecule has 19 heavy (non-hydrogen) atoms. The summed E-state index contributed by atoms with van der Waals surface area (Å²) in [5, 5.41) is 3.64. The van der Waals surface area contributed by atoms with Crippen molar-refractivity contribution in [1.82, 2.24) is 5.32 Å². The van der Waals surface area contributed by atoms with Gasteiger partial charge in [-0.2, -0.15) is 0 Å². The summed E-state index contributed by atoms with van der Waals surface area (Å²) in [7, 11) is 0. The summed E-state index contributed by atoms with van der Waals surface area (Å²) in [4.78, 5) is 0. The molecule has 0 radical (unpaired) electrons. The third kappa shape index (κ3) is 4.05. The van der Waals surface area contributed by atoms with Crippen molar-refractivity contribution in [2.75, 3.05) is 13.2 Å². The van der Waals surface area contributed by atoms with Crippen molar-refractivity contribution in [3.8, 4) is 0 Å². The predicted molar refractivity (Wildman–Crippen MR) is 80.4 cm³/mol. The van der Waals surface area contributed by atoms with Crippen molar-refractivity contribution in [2.24, 2.45) is 0 Å². The first-order valence-electron chi connectivity index (χ1n) is 7.66. The molecule has 0 amide bonds. The van der Waals surface area contributed by atoms with Gasteiger partial charge in [0, 0.05) is 12.6 Å². The monoisotopic (exact) mass is 261 g/mol. The molecule has 2 heteroatoms. The first-order valence-corrected chi connectivity index (χ1v) is 7.66. The van der Waals surface area contributed by atoms with Gasteiger partial charge < -0.3 is 10.1 Å². The third-order valence-electron chi connectivity index (χ3n) is 4.25. The van der Waals surface area contributed by atoms with Gasteiger partial charge >= 0.3 is 0 Å². The molecular weight excluding hydrogens is 234 g/mol. The van der Waals surface area contributed by atoms with Crippen LogP contribution in [0.1, 0.15) is 45.1 Å². The molecule has 1 aliphatic rings. The zero-order chi connectivity index (χ0) is 13.6. The summed E-state index contributed by atoms with van der Waals surface area (Å²) in [6.07, 6.45) is 5.96. The summed E-state index contributed by atoms with van der Waals surface area (Å²) in [5.74, 6) is 0. The van der Waals surface area contributed by atoms with Crippen LogP contribution in [0.4, 0.5) is 0 Å². The highest BCUT2D eigenvalue weighted by molar-refractivity contribution is 5.15. The average Bonchev–Trinajstić information content (AvgIpc) is 2.45. The quantitative estimate of drug-likeness (QED) is 0.845. The fourth-order valence-electron chi connectivity index (χ4n) is 3.06. The Balaban J connectivity index is 1.95. The van der Waals surface area contributed by atoms with Crippen molar-refractivity contribution in [1.29, 1.82) is 0 Å². The fraction of sp³-hybridized carbons (Fsp3) is 0.647. The molecule has 2 rings (SSSR count). The van der Waals surface area contributed by atoms with Crippen LogP contribution in [0.15, 0.2) is 30.3 Å². The van der Waals surface area contributed by atoms with Crippen LogP contribution in [-0.2, 0) is 11.2 Å². The minimum atomic E-state index is 0.0169. The lowest BCUT2D eigenvalue weighted by Crippen LogP contribution is -2.52. The zero-order valence-corrected chi connectivity index (χ0v) is 12.3. The van der Waals surface area contributed by atoms with Gasteiger partial charge in [0.1, 0.15) is 0 Å². The van der Waals surface area contributed by atoms with E-state index in [2.05, 4.69) is 49.5 Å². The fourth-order valence-corrected chi connectivity index (χ4v) is 3.06. The summed E-state index contributed by atoms with van der Waals surface area (Å²) in [6, 6.07) is 11.2. The maximum atomic E-state index is 6.11. The number of nitrogens with one attached hydrogen (secondary N) is 1. The summed E-state index contributed by atoms with van der Waals surface area (Å²) < 4.78 is 6.11. The lowest BCUT2D eigenvalue weighted by molar-refractivity contribution is -0.0896. The second kappa shape index (κ2) is 7.06. The van der Waals surface area contributed by atoms with Gasteiger partial charge in [0.05, 0.1) is 5.60 Å². The van der Waals surface area contributed by atoms with Crippen LogP contribution in [0.3, 0.4) is 0 Å². The normalized spacial score (nSPS) is 25.2. The van der Waals surface area contributed by atoms with Crippen LogP contribution in [0.5, 0.6) is 0 Å². The maximum absolute atomic E-state index is 6.11. The number of hydrogen-bond donors (Lipinski definition) is 1. The first-order chi connectivity index (χ1) is 9.24. The van der Waals surface area contributed by atoms with Crippen LogP contribution >= 0.6 is 0 Å². The standard InChI is InChI=1S/C17H27NO/c1-3-18-16(17(2)13-7-8-14-19-17)12-11-15-9-5-4-6-10-15/h4-6,9-10,16,18H,3,7-8,11-14H2,1-2H3. The molecule has 1 heterocycles. The average molecular weight is 261 g/mol. The highest BCUT2D eigenvalue weighted by Gasteiger charge is 2.35. The molecule has 0 spiro atoms. The van der Waals surface area contributed by atoms with E-state index in [0.29, 0.717) is 6.04 Å². The molecule has 1 aliphatic heterocycles. The van der Waals surface area contributed by atoms with Gasteiger partial charge in [0.25, 0.3) is 0 Å². The Kier molecular flexibility index (Phi) is 5.41. The maximum Gasteiger partial charge on any atom is 0.0806 e. The molecule has 1 N–H and O–H groups in total. The molecule has 0 aliphatic carbocycles. The lowest BCUT2D eigenvalue weighted by atomic mass is 9.85. The Morgan fingerprint density at radius 2 is 2.05 bits per heavy atom. The Hall–Kier alpha value is -0.860. The Labute approximate surface area is 117 Å². The van der Waals surface area contributed by atoms with E-state index in [1.165, 1.54) is 24.8 Å². The van der Waals surface area contributed by atoms with Crippen molar-refractivity contribution < 1.29 is 4.74 Å². The minimum Gasteiger partial charge on any atom is -0.374 e. The molecular formula is C17H27NO. The second-order valence-electron chi connectivity index (χ2n) is 5.75. The molecule has 0 aromatic heterocycles. The van der Waals surface area contributed by atoms with Crippen LogP contribution in [-0.4, -0.2) is 24.8 Å². The van der Waals surface area contributed by atoms with E-state index < -0.39 is 0 Å². The molecule has 1 aromatic rings. The molecule has 2 nitrogen and oxygen atoms in total. The minimum absolute atomic E-state index is 0.0169. The van der Waals surface area contributed by atoms with E-state index >= 15 is 0 Å². The van der Waals surface area contributed by atoms with Gasteiger partial charge in [-0.1, -0.05) is 37.3 Å².